The molecular formula is C21H26O8S2. The molecule has 2 N–H and O–H groups in total. The molecule has 0 saturated carbocycles. The van der Waals surface area contributed by atoms with Crippen LogP contribution in [0.1, 0.15) is 25.0 Å². The van der Waals surface area contributed by atoms with Crippen LogP contribution < -0.4 is 0 Å². The average Bonchev–Trinajstić information content (AvgIpc) is 3.02. The molecule has 2 aromatic rings. The van der Waals surface area contributed by atoms with Crippen LogP contribution >= 0.6 is 0 Å². The minimum atomic E-state index is -4.33. The van der Waals surface area contributed by atoms with E-state index in [4.69, 9.17) is 9.47 Å². The Morgan fingerprint density at radius 1 is 0.710 bits per heavy atom. The van der Waals surface area contributed by atoms with E-state index < -0.39 is 48.5 Å². The van der Waals surface area contributed by atoms with Gasteiger partial charge < -0.3 is 19.7 Å². The molecule has 8 nitrogen and oxygen atoms in total. The number of hydrogen-bond donors (Lipinski definition) is 2. The number of hydrogen-bond acceptors (Lipinski definition) is 8. The first-order valence-corrected chi connectivity index (χ1v) is 12.7. The summed E-state index contributed by atoms with van der Waals surface area (Å²) >= 11 is 0. The maximum atomic E-state index is 13.0. The molecule has 1 aliphatic heterocycles. The summed E-state index contributed by atoms with van der Waals surface area (Å²) in [5.74, 6) is -1.43. The maximum Gasteiger partial charge on any atom is 0.207 e. The van der Waals surface area contributed by atoms with Gasteiger partial charge in [0.1, 0.15) is 12.2 Å². The monoisotopic (exact) mass is 470 g/mol. The van der Waals surface area contributed by atoms with Gasteiger partial charge in [0.2, 0.25) is 19.7 Å². The van der Waals surface area contributed by atoms with E-state index in [2.05, 4.69) is 0 Å². The summed E-state index contributed by atoms with van der Waals surface area (Å²) in [5.41, 5.74) is -2.67. The van der Waals surface area contributed by atoms with Crippen molar-refractivity contribution in [3.8, 4) is 0 Å². The molecule has 0 amide bonds. The van der Waals surface area contributed by atoms with Gasteiger partial charge in [-0.2, -0.15) is 0 Å². The van der Waals surface area contributed by atoms with Crippen molar-refractivity contribution in [1.82, 2.24) is 0 Å². The lowest BCUT2D eigenvalue weighted by atomic mass is 10.2. The van der Waals surface area contributed by atoms with E-state index in [1.807, 2.05) is 0 Å². The molecule has 0 bridgehead atoms. The van der Waals surface area contributed by atoms with Gasteiger partial charge in [0.25, 0.3) is 0 Å². The second-order valence-corrected chi connectivity index (χ2v) is 12.2. The molecule has 31 heavy (non-hydrogen) atoms. The third-order valence-corrected chi connectivity index (χ3v) is 8.73. The number of aliphatic hydroxyl groups is 2. The molecule has 1 fully saturated rings. The highest BCUT2D eigenvalue weighted by molar-refractivity contribution is 7.92. The van der Waals surface area contributed by atoms with Crippen LogP contribution in [-0.4, -0.2) is 55.9 Å². The zero-order chi connectivity index (χ0) is 23.2. The Hall–Kier alpha value is -1.82. The molecule has 1 heterocycles. The third kappa shape index (κ3) is 4.69. The first kappa shape index (κ1) is 23.8. The lowest BCUT2D eigenvalue weighted by molar-refractivity contribution is -0.154. The van der Waals surface area contributed by atoms with Gasteiger partial charge in [0, 0.05) is 0 Å². The highest BCUT2D eigenvalue weighted by atomic mass is 32.2. The van der Waals surface area contributed by atoms with Gasteiger partial charge in [-0.1, -0.05) is 35.4 Å². The minimum absolute atomic E-state index is 0.159. The quantitative estimate of drug-likeness (QED) is 0.653. The highest BCUT2D eigenvalue weighted by Gasteiger charge is 2.54. The summed E-state index contributed by atoms with van der Waals surface area (Å²) in [7, 11) is -8.65. The predicted molar refractivity (Wildman–Crippen MR) is 113 cm³/mol. The van der Waals surface area contributed by atoms with E-state index in [0.717, 1.165) is 11.1 Å². The number of rotatable bonds is 6. The van der Waals surface area contributed by atoms with Crippen molar-refractivity contribution >= 4 is 19.7 Å². The Labute approximate surface area is 182 Å². The van der Waals surface area contributed by atoms with Crippen LogP contribution in [0.15, 0.2) is 58.3 Å². The summed E-state index contributed by atoms with van der Waals surface area (Å²) in [6.45, 7) is 6.45. The third-order valence-electron chi connectivity index (χ3n) is 5.06. The van der Waals surface area contributed by atoms with E-state index in [9.17, 15) is 27.0 Å². The zero-order valence-corrected chi connectivity index (χ0v) is 19.2. The van der Waals surface area contributed by atoms with Crippen molar-refractivity contribution in [2.24, 2.45) is 0 Å². The Morgan fingerprint density at radius 2 is 1.00 bits per heavy atom. The van der Waals surface area contributed by atoms with Crippen LogP contribution in [0.4, 0.5) is 0 Å². The molecule has 0 spiro atoms. The van der Waals surface area contributed by atoms with Gasteiger partial charge in [-0.3, -0.25) is 0 Å². The summed E-state index contributed by atoms with van der Waals surface area (Å²) in [5, 5.41) is 21.4. The van der Waals surface area contributed by atoms with E-state index in [0.29, 0.717) is 0 Å². The molecule has 4 atom stereocenters. The molecule has 0 aliphatic carbocycles. The van der Waals surface area contributed by atoms with Crippen LogP contribution in [0.25, 0.3) is 0 Å². The Morgan fingerprint density at radius 3 is 1.29 bits per heavy atom. The highest BCUT2D eigenvalue weighted by Crippen LogP contribution is 2.37. The van der Waals surface area contributed by atoms with Crippen LogP contribution in [-0.2, 0) is 29.1 Å². The van der Waals surface area contributed by atoms with Crippen molar-refractivity contribution in [2.45, 2.75) is 66.4 Å². The van der Waals surface area contributed by atoms with Crippen LogP contribution in [0, 0.1) is 13.8 Å². The van der Waals surface area contributed by atoms with Crippen molar-refractivity contribution in [3.63, 3.8) is 0 Å². The van der Waals surface area contributed by atoms with Crippen LogP contribution in [0.3, 0.4) is 0 Å². The van der Waals surface area contributed by atoms with Crippen molar-refractivity contribution in [2.75, 3.05) is 0 Å². The van der Waals surface area contributed by atoms with Crippen molar-refractivity contribution in [1.29, 1.82) is 0 Å². The lowest BCUT2D eigenvalue weighted by Gasteiger charge is -2.25. The normalized spacial score (nSPS) is 23.4. The minimum Gasteiger partial charge on any atom is -0.375 e. The fourth-order valence-corrected chi connectivity index (χ4v) is 6.06. The lowest BCUT2D eigenvalue weighted by Crippen LogP contribution is -2.48. The van der Waals surface area contributed by atoms with Crippen molar-refractivity contribution < 1.29 is 36.5 Å². The summed E-state index contributed by atoms with van der Waals surface area (Å²) < 4.78 is 62.9. The fourth-order valence-electron chi connectivity index (χ4n) is 3.35. The molecule has 2 aromatic carbocycles. The summed E-state index contributed by atoms with van der Waals surface area (Å²) in [6, 6.07) is 11.6. The van der Waals surface area contributed by atoms with Gasteiger partial charge in [0.05, 0.1) is 9.79 Å². The summed E-state index contributed by atoms with van der Waals surface area (Å²) in [4.78, 5) is -0.318. The number of sulfone groups is 2. The van der Waals surface area contributed by atoms with Crippen LogP contribution in [0.5, 0.6) is 0 Å². The maximum absolute atomic E-state index is 13.0. The fraction of sp³-hybridized carbons (Fsp3) is 0.429. The molecule has 0 aromatic heterocycles. The van der Waals surface area contributed by atoms with Crippen LogP contribution in [0.2, 0.25) is 0 Å². The average molecular weight is 471 g/mol. The van der Waals surface area contributed by atoms with Crippen molar-refractivity contribution in [3.05, 3.63) is 59.7 Å². The molecule has 1 saturated heterocycles. The molecule has 10 heteroatoms. The number of aliphatic hydroxyl groups excluding tert-OH is 2. The van der Waals surface area contributed by atoms with Gasteiger partial charge in [-0.15, -0.1) is 0 Å². The molecular weight excluding hydrogens is 444 g/mol. The molecule has 0 radical (unpaired) electrons. The zero-order valence-electron chi connectivity index (χ0n) is 17.6. The van der Waals surface area contributed by atoms with E-state index in [-0.39, 0.29) is 9.79 Å². The SMILES string of the molecule is Cc1ccc(S(=O)(=O)C(O)[C@H]2OC(C)(C)O[C@@H]2C(O)S(=O)(=O)c2ccc(C)cc2)cc1. The Kier molecular flexibility index (Phi) is 6.36. The molecule has 1 aliphatic rings. The topological polar surface area (TPSA) is 127 Å². The van der Waals surface area contributed by atoms with Gasteiger partial charge >= 0.3 is 0 Å². The smallest absolute Gasteiger partial charge is 0.207 e. The van der Waals surface area contributed by atoms with Gasteiger partial charge in [-0.05, 0) is 52.0 Å². The van der Waals surface area contributed by atoms with E-state index in [1.54, 1.807) is 38.1 Å². The Bertz CT molecular complexity index is 1050. The van der Waals surface area contributed by atoms with E-state index >= 15 is 0 Å². The molecule has 2 unspecified atom stereocenters. The predicted octanol–water partition coefficient (Wildman–Crippen LogP) is 1.71. The van der Waals surface area contributed by atoms with Gasteiger partial charge in [-0.25, -0.2) is 16.8 Å². The first-order chi connectivity index (χ1) is 14.3. The largest absolute Gasteiger partial charge is 0.375 e. The number of aryl methyl sites for hydroxylation is 2. The number of ether oxygens (including phenoxy) is 2. The second-order valence-electron chi connectivity index (χ2n) is 8.06. The summed E-state index contributed by atoms with van der Waals surface area (Å²) in [6.07, 6.45) is -3.28. The molecule has 170 valence electrons. The standard InChI is InChI=1S/C21H26O8S2/c1-13-5-9-15(10-6-13)30(24,25)19(22)17-18(29-21(3,4)28-17)20(23)31(26,27)16-11-7-14(2)8-12-16/h5-12,17-20,22-23H,1-4H3/t17-,18-,19?,20?/m0/s1. The molecule has 3 rings (SSSR count). The van der Waals surface area contributed by atoms with Gasteiger partial charge in [0.15, 0.2) is 16.7 Å². The first-order valence-electron chi connectivity index (χ1n) is 9.59. The second kappa shape index (κ2) is 8.27. The van der Waals surface area contributed by atoms with E-state index in [1.165, 1.54) is 38.1 Å². The number of benzene rings is 2. The Balaban J connectivity index is 1.97.